The zero-order valence-corrected chi connectivity index (χ0v) is 32.7. The number of thiophene rings is 2. The van der Waals surface area contributed by atoms with Crippen molar-refractivity contribution >= 4 is 80.4 Å². The van der Waals surface area contributed by atoms with Crippen LogP contribution >= 0.6 is 22.7 Å². The van der Waals surface area contributed by atoms with E-state index in [1.54, 1.807) is 0 Å². The highest BCUT2D eigenvalue weighted by Gasteiger charge is 2.30. The molecule has 274 valence electrons. The van der Waals surface area contributed by atoms with Crippen LogP contribution < -0.4 is 16.0 Å². The van der Waals surface area contributed by atoms with Gasteiger partial charge in [-0.15, -0.1) is 22.7 Å². The lowest BCUT2D eigenvalue weighted by Crippen LogP contribution is -2.54. The first-order valence-electron chi connectivity index (χ1n) is 19.8. The van der Waals surface area contributed by atoms with Gasteiger partial charge in [0.15, 0.2) is 0 Å². The van der Waals surface area contributed by atoms with Crippen molar-refractivity contribution in [3.63, 3.8) is 0 Å². The van der Waals surface area contributed by atoms with E-state index in [0.29, 0.717) is 0 Å². The number of benzene rings is 7. The molecule has 57 heavy (non-hydrogen) atoms. The number of aromatic nitrogens is 1. The monoisotopic (exact) mass is 770 g/mol. The Hall–Kier alpha value is -5.86. The molecule has 2 atom stereocenters. The van der Waals surface area contributed by atoms with E-state index < -0.39 is 0 Å². The van der Waals surface area contributed by atoms with Gasteiger partial charge in [-0.1, -0.05) is 133 Å². The summed E-state index contributed by atoms with van der Waals surface area (Å²) < 4.78 is 6.50. The van der Waals surface area contributed by atoms with Crippen LogP contribution in [0.3, 0.4) is 0 Å². The van der Waals surface area contributed by atoms with E-state index in [-0.39, 0.29) is 18.5 Å². The van der Waals surface area contributed by atoms with Crippen LogP contribution in [0.4, 0.5) is 0 Å². The molecule has 0 bridgehead atoms. The van der Waals surface area contributed by atoms with Gasteiger partial charge in [-0.2, -0.15) is 0 Å². The highest BCUT2D eigenvalue weighted by atomic mass is 32.1. The molecule has 6 heteroatoms. The maximum Gasteiger partial charge on any atom is 0.0864 e. The lowest BCUT2D eigenvalue weighted by atomic mass is 9.93. The van der Waals surface area contributed by atoms with Crippen LogP contribution in [0.15, 0.2) is 170 Å². The second-order valence-corrected chi connectivity index (χ2v) is 17.4. The molecule has 4 nitrogen and oxygen atoms in total. The number of hydrogen-bond donors (Lipinski definition) is 3. The van der Waals surface area contributed by atoms with Gasteiger partial charge in [0.05, 0.1) is 40.1 Å². The normalized spacial score (nSPS) is 18.5. The van der Waals surface area contributed by atoms with Gasteiger partial charge in [0, 0.05) is 41.0 Å². The van der Waals surface area contributed by atoms with Crippen LogP contribution in [0, 0.1) is 0 Å². The average Bonchev–Trinajstić information content (AvgIpc) is 3.96. The summed E-state index contributed by atoms with van der Waals surface area (Å²) in [5, 5.41) is 18.2. The Morgan fingerprint density at radius 3 is 1.82 bits per heavy atom. The molecule has 12 rings (SSSR count). The molecule has 10 aromatic rings. The molecular weight excluding hydrogens is 733 g/mol. The van der Waals surface area contributed by atoms with E-state index in [1.807, 2.05) is 22.7 Å². The third kappa shape index (κ3) is 5.44. The van der Waals surface area contributed by atoms with Crippen molar-refractivity contribution in [2.75, 3.05) is 0 Å². The molecule has 0 saturated carbocycles. The first kappa shape index (κ1) is 33.3. The van der Waals surface area contributed by atoms with Gasteiger partial charge in [-0.25, -0.2) is 0 Å². The fraction of sp³-hybridized carbons (Fsp3) is 0.0980. The van der Waals surface area contributed by atoms with Crippen LogP contribution in [-0.2, 0) is 6.42 Å². The Labute approximate surface area is 338 Å². The van der Waals surface area contributed by atoms with Gasteiger partial charge >= 0.3 is 0 Å². The molecule has 1 saturated heterocycles. The molecule has 7 aromatic carbocycles. The Kier molecular flexibility index (Phi) is 7.81. The predicted molar refractivity (Wildman–Crippen MR) is 242 cm³/mol. The number of aryl methyl sites for hydroxylation is 1. The van der Waals surface area contributed by atoms with Crippen LogP contribution in [0.25, 0.3) is 68.9 Å². The van der Waals surface area contributed by atoms with Gasteiger partial charge in [-0.3, -0.25) is 16.0 Å². The topological polar surface area (TPSA) is 41.0 Å². The molecule has 3 N–H and O–H groups in total. The molecule has 2 unspecified atom stereocenters. The Morgan fingerprint density at radius 2 is 1.12 bits per heavy atom. The smallest absolute Gasteiger partial charge is 0.0864 e. The van der Waals surface area contributed by atoms with Gasteiger partial charge in [0.1, 0.15) is 0 Å². The predicted octanol–water partition coefficient (Wildman–Crippen LogP) is 13.1. The van der Waals surface area contributed by atoms with Crippen LogP contribution in [-0.4, -0.2) is 4.57 Å². The Morgan fingerprint density at radius 1 is 0.474 bits per heavy atom. The number of fused-ring (bicyclic) bond motifs is 9. The molecule has 2 aliphatic rings. The number of rotatable bonds is 5. The highest BCUT2D eigenvalue weighted by molar-refractivity contribution is 7.25. The molecule has 0 amide bonds. The van der Waals surface area contributed by atoms with E-state index in [2.05, 4.69) is 190 Å². The number of nitrogens with one attached hydrogen (secondary N) is 3. The number of nitrogens with zero attached hydrogens (tertiary/aromatic N) is 1. The Balaban J connectivity index is 0.928. The zero-order chi connectivity index (χ0) is 37.5. The summed E-state index contributed by atoms with van der Waals surface area (Å²) in [6.45, 7) is 0. The Bertz CT molecular complexity index is 3090. The second-order valence-electron chi connectivity index (χ2n) is 15.3. The average molecular weight is 771 g/mol. The number of allylic oxidation sites excluding steroid dienone is 1. The van der Waals surface area contributed by atoms with Crippen LogP contribution in [0.2, 0.25) is 0 Å². The summed E-state index contributed by atoms with van der Waals surface area (Å²) in [7, 11) is 0. The first-order valence-corrected chi connectivity index (χ1v) is 21.5. The van der Waals surface area contributed by atoms with Crippen LogP contribution in [0.1, 0.15) is 52.0 Å². The van der Waals surface area contributed by atoms with E-state index in [0.717, 1.165) is 12.8 Å². The standard InChI is InChI=1S/C51H38N4S2/c1-3-13-31(14-4-1)49-52-50(32-15-5-2-6-16-32)54-51(53-49)34-26-28-44-40(29-34)38-27-25-33(30-46(38)56-44)35-19-12-24-45-47(35)39-20-11-23-43(48(39)57-45)55-41-21-9-7-17-36(41)37-18-8-10-22-42(37)55/h1-10,12-19,21-30,49-54H,11,20H2. The summed E-state index contributed by atoms with van der Waals surface area (Å²) in [5.41, 5.74) is 11.6. The van der Waals surface area contributed by atoms with Gasteiger partial charge in [0.2, 0.25) is 0 Å². The summed E-state index contributed by atoms with van der Waals surface area (Å²) >= 11 is 3.84. The minimum absolute atomic E-state index is 0.000712. The zero-order valence-electron chi connectivity index (χ0n) is 31.1. The first-order chi connectivity index (χ1) is 28.2. The lowest BCUT2D eigenvalue weighted by Gasteiger charge is -2.39. The van der Waals surface area contributed by atoms with Crippen molar-refractivity contribution in [1.29, 1.82) is 0 Å². The maximum atomic E-state index is 3.87. The van der Waals surface area contributed by atoms with Crippen molar-refractivity contribution < 1.29 is 0 Å². The van der Waals surface area contributed by atoms with E-state index in [9.17, 15) is 0 Å². The fourth-order valence-corrected chi connectivity index (χ4v) is 11.8. The maximum absolute atomic E-state index is 3.87. The molecule has 1 fully saturated rings. The third-order valence-electron chi connectivity index (χ3n) is 12.0. The van der Waals surface area contributed by atoms with Crippen molar-refractivity contribution in [3.8, 4) is 11.1 Å². The van der Waals surface area contributed by atoms with Crippen LogP contribution in [0.5, 0.6) is 0 Å². The van der Waals surface area contributed by atoms with Crippen molar-refractivity contribution in [2.24, 2.45) is 0 Å². The minimum Gasteiger partial charge on any atom is -0.308 e. The molecular formula is C51H38N4S2. The summed E-state index contributed by atoms with van der Waals surface area (Å²) in [5.74, 6) is 0. The van der Waals surface area contributed by atoms with E-state index >= 15 is 0 Å². The second kappa shape index (κ2) is 13.4. The minimum atomic E-state index is -0.0379. The molecule has 1 aliphatic carbocycles. The molecule has 1 aliphatic heterocycles. The molecule has 0 radical (unpaired) electrons. The SMILES string of the molecule is C1=C(n2c3ccccc3c3ccccc32)c2sc3cccc(-c4ccc5c(c4)sc4ccc(C6NC(c7ccccc7)NC(c7ccccc7)N6)cc45)c3c2CC1. The van der Waals surface area contributed by atoms with E-state index in [4.69, 9.17) is 0 Å². The van der Waals surface area contributed by atoms with E-state index in [1.165, 1.54) is 96.0 Å². The van der Waals surface area contributed by atoms with Crippen molar-refractivity contribution in [2.45, 2.75) is 31.3 Å². The summed E-state index contributed by atoms with van der Waals surface area (Å²) in [6, 6.07) is 60.1. The van der Waals surface area contributed by atoms with Gasteiger partial charge < -0.3 is 4.57 Å². The lowest BCUT2D eigenvalue weighted by molar-refractivity contribution is 0.203. The molecule has 3 aromatic heterocycles. The summed E-state index contributed by atoms with van der Waals surface area (Å²) in [4.78, 5) is 1.40. The largest absolute Gasteiger partial charge is 0.308 e. The molecule has 0 spiro atoms. The third-order valence-corrected chi connectivity index (χ3v) is 14.4. The molecule has 4 heterocycles. The van der Waals surface area contributed by atoms with Gasteiger partial charge in [0.25, 0.3) is 0 Å². The quantitative estimate of drug-likeness (QED) is 0.163. The highest BCUT2D eigenvalue weighted by Crippen LogP contribution is 2.47. The summed E-state index contributed by atoms with van der Waals surface area (Å²) in [6.07, 6.45) is 4.50. The van der Waals surface area contributed by atoms with Gasteiger partial charge in [-0.05, 0) is 82.6 Å². The van der Waals surface area contributed by atoms with Crippen molar-refractivity contribution in [3.05, 3.63) is 197 Å². The number of para-hydroxylation sites is 2. The van der Waals surface area contributed by atoms with Crippen molar-refractivity contribution in [1.82, 2.24) is 20.5 Å². The number of hydrogen-bond acceptors (Lipinski definition) is 5. The fourth-order valence-electron chi connectivity index (χ4n) is 9.37.